The lowest BCUT2D eigenvalue weighted by Crippen LogP contribution is -2.41. The van der Waals surface area contributed by atoms with E-state index in [1.54, 1.807) is 23.8 Å². The van der Waals surface area contributed by atoms with E-state index in [1.165, 1.54) is 28.4 Å². The summed E-state index contributed by atoms with van der Waals surface area (Å²) >= 11 is 1.49. The van der Waals surface area contributed by atoms with Crippen molar-refractivity contribution >= 4 is 40.0 Å². The minimum Gasteiger partial charge on any atom is -0.490 e. The van der Waals surface area contributed by atoms with Crippen molar-refractivity contribution in [2.75, 3.05) is 18.4 Å². The number of benzene rings is 2. The summed E-state index contributed by atoms with van der Waals surface area (Å²) < 4.78 is 19.8. The first-order valence-corrected chi connectivity index (χ1v) is 11.4. The van der Waals surface area contributed by atoms with E-state index < -0.39 is 6.09 Å². The fourth-order valence-corrected chi connectivity index (χ4v) is 4.35. The molecule has 0 bridgehead atoms. The number of amides is 1. The number of carbonyl (C=O) groups is 1. The quantitative estimate of drug-likeness (QED) is 0.420. The summed E-state index contributed by atoms with van der Waals surface area (Å²) in [5.41, 5.74) is 4.61. The van der Waals surface area contributed by atoms with E-state index in [2.05, 4.69) is 20.3 Å². The predicted octanol–water partition coefficient (Wildman–Crippen LogP) is 5.16. The van der Waals surface area contributed by atoms with Crippen LogP contribution in [0.1, 0.15) is 12.8 Å². The van der Waals surface area contributed by atoms with Crippen molar-refractivity contribution in [3.63, 3.8) is 0 Å². The SMILES string of the molecule is O=C(O)N1CCC(Oc2cc3nc(Nc4cccc(F)c4)ncc3cc2-c2cscn2)CC1. The summed E-state index contributed by atoms with van der Waals surface area (Å²) in [6.45, 7) is 0.868. The highest BCUT2D eigenvalue weighted by Crippen LogP contribution is 2.35. The highest BCUT2D eigenvalue weighted by molar-refractivity contribution is 7.07. The zero-order chi connectivity index (χ0) is 22.8. The fourth-order valence-electron chi connectivity index (χ4n) is 3.80. The van der Waals surface area contributed by atoms with Crippen molar-refractivity contribution in [2.24, 2.45) is 0 Å². The van der Waals surface area contributed by atoms with Gasteiger partial charge in [-0.3, -0.25) is 0 Å². The lowest BCUT2D eigenvalue weighted by atomic mass is 10.1. The number of hydrogen-bond donors (Lipinski definition) is 2. The molecule has 3 heterocycles. The Balaban J connectivity index is 1.46. The van der Waals surface area contributed by atoms with Crippen molar-refractivity contribution in [1.82, 2.24) is 19.9 Å². The van der Waals surface area contributed by atoms with Crippen LogP contribution in [0.4, 0.5) is 20.8 Å². The molecular formula is C23H20FN5O3S. The Labute approximate surface area is 192 Å². The highest BCUT2D eigenvalue weighted by atomic mass is 32.1. The molecule has 0 spiro atoms. The van der Waals surface area contributed by atoms with E-state index in [4.69, 9.17) is 4.74 Å². The normalized spacial score (nSPS) is 14.4. The number of thiazole rings is 1. The number of anilines is 2. The van der Waals surface area contributed by atoms with E-state index >= 15 is 0 Å². The molecule has 1 saturated heterocycles. The Bertz CT molecular complexity index is 1290. The van der Waals surface area contributed by atoms with Crippen LogP contribution in [0.3, 0.4) is 0 Å². The Hall–Kier alpha value is -3.79. The van der Waals surface area contributed by atoms with E-state index in [9.17, 15) is 14.3 Å². The van der Waals surface area contributed by atoms with E-state index in [0.717, 1.165) is 16.6 Å². The van der Waals surface area contributed by atoms with Crippen molar-refractivity contribution in [3.05, 3.63) is 59.3 Å². The molecule has 2 aromatic heterocycles. The van der Waals surface area contributed by atoms with Gasteiger partial charge in [0.2, 0.25) is 5.95 Å². The Morgan fingerprint density at radius 3 is 2.79 bits per heavy atom. The van der Waals surface area contributed by atoms with Gasteiger partial charge in [-0.05, 0) is 24.3 Å². The van der Waals surface area contributed by atoms with Gasteiger partial charge in [0.25, 0.3) is 0 Å². The van der Waals surface area contributed by atoms with Gasteiger partial charge in [0.05, 0.1) is 16.7 Å². The molecule has 10 heteroatoms. The molecule has 0 saturated carbocycles. The number of hydrogen-bond acceptors (Lipinski definition) is 7. The van der Waals surface area contributed by atoms with Crippen LogP contribution in [0.15, 0.2) is 53.5 Å². The number of halogens is 1. The van der Waals surface area contributed by atoms with Crippen molar-refractivity contribution in [1.29, 1.82) is 0 Å². The maximum absolute atomic E-state index is 13.5. The van der Waals surface area contributed by atoms with E-state index in [0.29, 0.717) is 48.8 Å². The summed E-state index contributed by atoms with van der Waals surface area (Å²) in [6, 6.07) is 9.89. The molecule has 1 fully saturated rings. The molecule has 2 aromatic carbocycles. The van der Waals surface area contributed by atoms with Gasteiger partial charge < -0.3 is 20.1 Å². The van der Waals surface area contributed by atoms with Crippen LogP contribution >= 0.6 is 11.3 Å². The molecule has 2 N–H and O–H groups in total. The van der Waals surface area contributed by atoms with Gasteiger partial charge >= 0.3 is 6.09 Å². The van der Waals surface area contributed by atoms with Gasteiger partial charge in [0.15, 0.2) is 0 Å². The molecule has 0 radical (unpaired) electrons. The molecular weight excluding hydrogens is 445 g/mol. The fraction of sp³-hybridized carbons (Fsp3) is 0.217. The maximum atomic E-state index is 13.5. The zero-order valence-electron chi connectivity index (χ0n) is 17.4. The second-order valence-electron chi connectivity index (χ2n) is 7.70. The molecule has 0 unspecified atom stereocenters. The number of nitrogens with one attached hydrogen (secondary N) is 1. The van der Waals surface area contributed by atoms with Crippen LogP contribution in [-0.2, 0) is 0 Å². The third kappa shape index (κ3) is 4.70. The first-order chi connectivity index (χ1) is 16.0. The second kappa shape index (κ2) is 8.99. The lowest BCUT2D eigenvalue weighted by Gasteiger charge is -2.30. The smallest absolute Gasteiger partial charge is 0.407 e. The standard InChI is InChI=1S/C23H20FN5O3S/c24-15-2-1-3-16(9-15)27-22-25-11-14-8-18(20-12-33-13-26-20)21(10-19(14)28-22)32-17-4-6-29(7-5-17)23(30)31/h1-3,8-13,17H,4-7H2,(H,30,31)(H,25,27,28). The topological polar surface area (TPSA) is 100 Å². The van der Waals surface area contributed by atoms with Gasteiger partial charge in [-0.2, -0.15) is 0 Å². The maximum Gasteiger partial charge on any atom is 0.407 e. The van der Waals surface area contributed by atoms with Crippen LogP contribution in [0.25, 0.3) is 22.2 Å². The average molecular weight is 466 g/mol. The largest absolute Gasteiger partial charge is 0.490 e. The summed E-state index contributed by atoms with van der Waals surface area (Å²) in [4.78, 5) is 26.0. The molecule has 5 rings (SSSR count). The van der Waals surface area contributed by atoms with Crippen molar-refractivity contribution in [2.45, 2.75) is 18.9 Å². The Morgan fingerprint density at radius 1 is 1.21 bits per heavy atom. The van der Waals surface area contributed by atoms with E-state index in [1.807, 2.05) is 17.5 Å². The summed E-state index contributed by atoms with van der Waals surface area (Å²) in [6.07, 6.45) is 1.91. The predicted molar refractivity (Wildman–Crippen MR) is 124 cm³/mol. The first-order valence-electron chi connectivity index (χ1n) is 10.4. The lowest BCUT2D eigenvalue weighted by molar-refractivity contribution is 0.0898. The number of ether oxygens (including phenoxy) is 1. The van der Waals surface area contributed by atoms with Crippen molar-refractivity contribution in [3.8, 4) is 17.0 Å². The highest BCUT2D eigenvalue weighted by Gasteiger charge is 2.25. The third-order valence-electron chi connectivity index (χ3n) is 5.48. The van der Waals surface area contributed by atoms with Gasteiger partial charge in [-0.1, -0.05) is 6.07 Å². The van der Waals surface area contributed by atoms with Gasteiger partial charge in [-0.25, -0.2) is 24.1 Å². The molecule has 1 aliphatic rings. The van der Waals surface area contributed by atoms with Crippen LogP contribution < -0.4 is 10.1 Å². The summed E-state index contributed by atoms with van der Waals surface area (Å²) in [5.74, 6) is 0.631. The van der Waals surface area contributed by atoms with Gasteiger partial charge in [-0.15, -0.1) is 11.3 Å². The van der Waals surface area contributed by atoms with Gasteiger partial charge in [0.1, 0.15) is 17.7 Å². The van der Waals surface area contributed by atoms with Crippen LogP contribution in [0, 0.1) is 5.82 Å². The minimum atomic E-state index is -0.905. The minimum absolute atomic E-state index is 0.109. The number of nitrogens with zero attached hydrogens (tertiary/aromatic N) is 4. The van der Waals surface area contributed by atoms with Crippen LogP contribution in [-0.4, -0.2) is 50.2 Å². The summed E-state index contributed by atoms with van der Waals surface area (Å²) in [7, 11) is 0. The molecule has 0 aliphatic carbocycles. The zero-order valence-corrected chi connectivity index (χ0v) is 18.3. The monoisotopic (exact) mass is 465 g/mol. The van der Waals surface area contributed by atoms with Crippen molar-refractivity contribution < 1.29 is 19.0 Å². The number of carboxylic acid groups (broad SMARTS) is 1. The van der Waals surface area contributed by atoms with E-state index in [-0.39, 0.29) is 11.9 Å². The number of likely N-dealkylation sites (tertiary alicyclic amines) is 1. The number of rotatable bonds is 5. The Morgan fingerprint density at radius 2 is 2.06 bits per heavy atom. The number of piperidine rings is 1. The van der Waals surface area contributed by atoms with Crippen LogP contribution in [0.5, 0.6) is 5.75 Å². The average Bonchev–Trinajstić information content (AvgIpc) is 3.34. The molecule has 168 valence electrons. The van der Waals surface area contributed by atoms with Gasteiger partial charge in [0, 0.05) is 60.2 Å². The molecule has 33 heavy (non-hydrogen) atoms. The molecule has 1 aliphatic heterocycles. The van der Waals surface area contributed by atoms with Crippen LogP contribution in [0.2, 0.25) is 0 Å². The number of aromatic nitrogens is 3. The summed E-state index contributed by atoms with van der Waals surface area (Å²) in [5, 5.41) is 15.0. The molecule has 4 aromatic rings. The third-order valence-corrected chi connectivity index (χ3v) is 6.06. The number of fused-ring (bicyclic) bond motifs is 1. The molecule has 8 nitrogen and oxygen atoms in total. The first kappa shape index (κ1) is 21.1. The molecule has 1 amide bonds. The molecule has 0 atom stereocenters. The Kier molecular flexibility index (Phi) is 5.74. The second-order valence-corrected chi connectivity index (χ2v) is 8.42.